The van der Waals surface area contributed by atoms with Crippen LogP contribution in [0.1, 0.15) is 21.8 Å². The Morgan fingerprint density at radius 3 is 2.69 bits per heavy atom. The van der Waals surface area contributed by atoms with E-state index in [0.717, 1.165) is 12.1 Å². The number of thiazole rings is 1. The number of hydrogen-bond donors (Lipinski definition) is 3. The number of para-hydroxylation sites is 1. The maximum absolute atomic E-state index is 14.0. The molecule has 0 spiro atoms. The van der Waals surface area contributed by atoms with Gasteiger partial charge in [0.2, 0.25) is 0 Å². The molecule has 10 heteroatoms. The van der Waals surface area contributed by atoms with Crippen molar-refractivity contribution >= 4 is 28.9 Å². The molecule has 7 nitrogen and oxygen atoms in total. The van der Waals surface area contributed by atoms with E-state index in [-0.39, 0.29) is 17.6 Å². The zero-order chi connectivity index (χ0) is 20.8. The van der Waals surface area contributed by atoms with Crippen molar-refractivity contribution in [1.82, 2.24) is 20.9 Å². The fraction of sp³-hybridized carbons (Fsp3) is 0.421. The molecule has 0 radical (unpaired) electrons. The topological polar surface area (TPSA) is 81.6 Å². The van der Waals surface area contributed by atoms with Crippen LogP contribution in [-0.4, -0.2) is 56.1 Å². The Morgan fingerprint density at radius 1 is 1.31 bits per heavy atom. The van der Waals surface area contributed by atoms with Crippen molar-refractivity contribution in [3.05, 3.63) is 45.9 Å². The number of anilines is 1. The summed E-state index contributed by atoms with van der Waals surface area (Å²) in [6, 6.07) is 3.90. The number of rotatable bonds is 6. The van der Waals surface area contributed by atoms with Gasteiger partial charge in [-0.25, -0.2) is 13.8 Å². The molecule has 1 aliphatic heterocycles. The quantitative estimate of drug-likeness (QED) is 0.376. The van der Waals surface area contributed by atoms with Gasteiger partial charge in [0.1, 0.15) is 22.2 Å². The first-order valence-electron chi connectivity index (χ1n) is 9.34. The molecule has 0 saturated carbocycles. The number of benzene rings is 1. The number of guanidine groups is 1. The van der Waals surface area contributed by atoms with Crippen molar-refractivity contribution in [2.24, 2.45) is 4.99 Å². The van der Waals surface area contributed by atoms with Gasteiger partial charge >= 0.3 is 0 Å². The number of halogens is 2. The van der Waals surface area contributed by atoms with Crippen LogP contribution in [0.4, 0.5) is 14.5 Å². The summed E-state index contributed by atoms with van der Waals surface area (Å²) in [7, 11) is 1.65. The summed E-state index contributed by atoms with van der Waals surface area (Å²) in [5, 5.41) is 9.23. The number of nitrogens with zero attached hydrogens (tertiary/aromatic N) is 3. The molecule has 2 heterocycles. The molecule has 29 heavy (non-hydrogen) atoms. The third-order valence-corrected chi connectivity index (χ3v) is 5.59. The van der Waals surface area contributed by atoms with Crippen molar-refractivity contribution in [1.29, 1.82) is 0 Å². The minimum atomic E-state index is -0.555. The van der Waals surface area contributed by atoms with Gasteiger partial charge in [-0.3, -0.25) is 9.79 Å². The summed E-state index contributed by atoms with van der Waals surface area (Å²) in [6.07, 6.45) is 0.732. The van der Waals surface area contributed by atoms with Crippen molar-refractivity contribution in [2.75, 3.05) is 38.1 Å². The third-order valence-electron chi connectivity index (χ3n) is 4.66. The van der Waals surface area contributed by atoms with E-state index in [1.54, 1.807) is 24.4 Å². The SMILES string of the molecule is CN=C(NCCNC(=O)c1scnc1C)NC1CCN(c2c(F)cccc2F)C1. The summed E-state index contributed by atoms with van der Waals surface area (Å²) in [6.45, 7) is 3.74. The van der Waals surface area contributed by atoms with Crippen LogP contribution in [-0.2, 0) is 0 Å². The van der Waals surface area contributed by atoms with Gasteiger partial charge in [0, 0.05) is 39.3 Å². The number of aliphatic imine (C=N–C) groups is 1. The van der Waals surface area contributed by atoms with Gasteiger partial charge < -0.3 is 20.9 Å². The van der Waals surface area contributed by atoms with E-state index in [2.05, 4.69) is 25.9 Å². The van der Waals surface area contributed by atoms with E-state index in [1.165, 1.54) is 29.5 Å². The van der Waals surface area contributed by atoms with Crippen molar-refractivity contribution in [3.8, 4) is 0 Å². The van der Waals surface area contributed by atoms with Crippen LogP contribution in [0.5, 0.6) is 0 Å². The number of aryl methyl sites for hydroxylation is 1. The lowest BCUT2D eigenvalue weighted by atomic mass is 10.2. The van der Waals surface area contributed by atoms with Gasteiger partial charge in [0.15, 0.2) is 5.96 Å². The summed E-state index contributed by atoms with van der Waals surface area (Å²) in [5.41, 5.74) is 2.38. The van der Waals surface area contributed by atoms with Crippen molar-refractivity contribution < 1.29 is 13.6 Å². The van der Waals surface area contributed by atoms with Gasteiger partial charge in [0.05, 0.1) is 11.2 Å². The molecular formula is C19H24F2N6OS. The van der Waals surface area contributed by atoms with E-state index in [0.29, 0.717) is 37.0 Å². The minimum absolute atomic E-state index is 0.00893. The highest BCUT2D eigenvalue weighted by atomic mass is 32.1. The summed E-state index contributed by atoms with van der Waals surface area (Å²) >= 11 is 1.31. The molecule has 1 amide bonds. The van der Waals surface area contributed by atoms with Crippen LogP contribution < -0.4 is 20.9 Å². The van der Waals surface area contributed by atoms with Crippen LogP contribution in [0.2, 0.25) is 0 Å². The highest BCUT2D eigenvalue weighted by Gasteiger charge is 2.27. The standard InChI is InChI=1S/C19H24F2N6OS/c1-12-17(29-11-25-12)18(28)23-7-8-24-19(22-2)26-13-6-9-27(10-13)16-14(20)4-3-5-15(16)21/h3-5,11,13H,6-10H2,1-2H3,(H,23,28)(H2,22,24,26). The van der Waals surface area contributed by atoms with Crippen LogP contribution in [0.25, 0.3) is 0 Å². The Hall–Kier alpha value is -2.75. The second-order valence-electron chi connectivity index (χ2n) is 6.67. The first-order valence-corrected chi connectivity index (χ1v) is 10.2. The Balaban J connectivity index is 1.44. The molecule has 156 valence electrons. The van der Waals surface area contributed by atoms with E-state index in [1.807, 2.05) is 0 Å². The van der Waals surface area contributed by atoms with Crippen LogP contribution in [0, 0.1) is 18.6 Å². The van der Waals surface area contributed by atoms with Crippen molar-refractivity contribution in [2.45, 2.75) is 19.4 Å². The van der Waals surface area contributed by atoms with Crippen LogP contribution >= 0.6 is 11.3 Å². The first-order chi connectivity index (χ1) is 14.0. The largest absolute Gasteiger partial charge is 0.365 e. The highest BCUT2D eigenvalue weighted by Crippen LogP contribution is 2.26. The number of carbonyl (C=O) groups is 1. The van der Waals surface area contributed by atoms with Gasteiger partial charge in [-0.05, 0) is 25.5 Å². The third kappa shape index (κ3) is 5.20. The van der Waals surface area contributed by atoms with Gasteiger partial charge in [-0.15, -0.1) is 11.3 Å². The molecule has 1 saturated heterocycles. The lowest BCUT2D eigenvalue weighted by Crippen LogP contribution is -2.46. The maximum atomic E-state index is 14.0. The van der Waals surface area contributed by atoms with Crippen LogP contribution in [0.15, 0.2) is 28.7 Å². The smallest absolute Gasteiger partial charge is 0.263 e. The summed E-state index contributed by atoms with van der Waals surface area (Å²) in [5.74, 6) is -0.678. The van der Waals surface area contributed by atoms with E-state index < -0.39 is 11.6 Å². The molecule has 1 aliphatic rings. The average molecular weight is 423 g/mol. The van der Waals surface area contributed by atoms with Crippen molar-refractivity contribution in [3.63, 3.8) is 0 Å². The van der Waals surface area contributed by atoms with Gasteiger partial charge in [-0.1, -0.05) is 6.07 Å². The summed E-state index contributed by atoms with van der Waals surface area (Å²) < 4.78 is 28.0. The molecule has 0 aliphatic carbocycles. The number of aromatic nitrogens is 1. The fourth-order valence-corrected chi connectivity index (χ4v) is 3.94. The number of amides is 1. The van der Waals surface area contributed by atoms with E-state index >= 15 is 0 Å². The minimum Gasteiger partial charge on any atom is -0.365 e. The lowest BCUT2D eigenvalue weighted by Gasteiger charge is -2.21. The predicted molar refractivity (Wildman–Crippen MR) is 111 cm³/mol. The first kappa shape index (κ1) is 21.0. The Labute approximate surface area is 172 Å². The van der Waals surface area contributed by atoms with Gasteiger partial charge in [0.25, 0.3) is 5.91 Å². The zero-order valence-electron chi connectivity index (χ0n) is 16.3. The molecule has 1 unspecified atom stereocenters. The average Bonchev–Trinajstić information content (AvgIpc) is 3.33. The number of carbonyl (C=O) groups excluding carboxylic acids is 1. The van der Waals surface area contributed by atoms with E-state index in [9.17, 15) is 13.6 Å². The maximum Gasteiger partial charge on any atom is 0.263 e. The number of hydrogen-bond acceptors (Lipinski definition) is 5. The highest BCUT2D eigenvalue weighted by molar-refractivity contribution is 7.11. The molecule has 1 aromatic carbocycles. The Kier molecular flexibility index (Phi) is 6.97. The number of nitrogens with one attached hydrogen (secondary N) is 3. The molecule has 3 N–H and O–H groups in total. The molecule has 2 aromatic rings. The Morgan fingerprint density at radius 2 is 2.03 bits per heavy atom. The Bertz CT molecular complexity index is 867. The monoisotopic (exact) mass is 422 g/mol. The second-order valence-corrected chi connectivity index (χ2v) is 7.52. The molecule has 3 rings (SSSR count). The fourth-order valence-electron chi connectivity index (χ4n) is 3.22. The molecule has 0 bridgehead atoms. The molecule has 1 aromatic heterocycles. The second kappa shape index (κ2) is 9.64. The lowest BCUT2D eigenvalue weighted by molar-refractivity contribution is 0.0957. The molecular weight excluding hydrogens is 398 g/mol. The normalized spacial score (nSPS) is 16.8. The molecule has 1 fully saturated rings. The van der Waals surface area contributed by atoms with E-state index in [4.69, 9.17) is 0 Å². The zero-order valence-corrected chi connectivity index (χ0v) is 17.2. The van der Waals surface area contributed by atoms with Gasteiger partial charge in [-0.2, -0.15) is 0 Å². The summed E-state index contributed by atoms with van der Waals surface area (Å²) in [4.78, 5) is 22.6. The predicted octanol–water partition coefficient (Wildman–Crippen LogP) is 1.90. The molecule has 1 atom stereocenters. The van der Waals surface area contributed by atoms with Crippen LogP contribution in [0.3, 0.4) is 0 Å².